The second-order valence-corrected chi connectivity index (χ2v) is 8.47. The molecular weight excluding hydrogens is 343 g/mol. The molecule has 0 radical (unpaired) electrons. The third-order valence-electron chi connectivity index (χ3n) is 6.08. The zero-order valence-electron chi connectivity index (χ0n) is 16.7. The Morgan fingerprint density at radius 2 is 1.67 bits per heavy atom. The summed E-state index contributed by atoms with van der Waals surface area (Å²) in [6, 6.07) is 5.85. The number of hydrogen-bond acceptors (Lipinski definition) is 2. The highest BCUT2D eigenvalue weighted by molar-refractivity contribution is 5.91. The SMILES string of the molecule is CC1CCN(C(=O)[C@H]2CCCN2C(=O)C(c2ccc(F)cc2)C(C)C)CC1. The van der Waals surface area contributed by atoms with Gasteiger partial charge in [-0.25, -0.2) is 4.39 Å². The Bertz CT molecular complexity index is 665. The van der Waals surface area contributed by atoms with Gasteiger partial charge in [-0.05, 0) is 55.2 Å². The molecule has 2 aliphatic rings. The van der Waals surface area contributed by atoms with Gasteiger partial charge in [0.1, 0.15) is 11.9 Å². The molecule has 0 aliphatic carbocycles. The first-order valence-corrected chi connectivity index (χ1v) is 10.2. The van der Waals surface area contributed by atoms with Crippen molar-refractivity contribution in [3.8, 4) is 0 Å². The van der Waals surface area contributed by atoms with Gasteiger partial charge in [0, 0.05) is 19.6 Å². The maximum absolute atomic E-state index is 13.4. The first-order chi connectivity index (χ1) is 12.9. The van der Waals surface area contributed by atoms with Gasteiger partial charge in [0.05, 0.1) is 5.92 Å². The number of amides is 2. The van der Waals surface area contributed by atoms with Crippen LogP contribution in [-0.2, 0) is 9.59 Å². The van der Waals surface area contributed by atoms with Crippen LogP contribution in [0.3, 0.4) is 0 Å². The molecule has 0 aromatic heterocycles. The van der Waals surface area contributed by atoms with Crippen LogP contribution < -0.4 is 0 Å². The van der Waals surface area contributed by atoms with Gasteiger partial charge < -0.3 is 9.80 Å². The topological polar surface area (TPSA) is 40.6 Å². The fourth-order valence-corrected chi connectivity index (χ4v) is 4.39. The first-order valence-electron chi connectivity index (χ1n) is 10.2. The van der Waals surface area contributed by atoms with Gasteiger partial charge in [-0.2, -0.15) is 0 Å². The van der Waals surface area contributed by atoms with E-state index in [4.69, 9.17) is 0 Å². The lowest BCUT2D eigenvalue weighted by molar-refractivity contribution is -0.146. The molecule has 0 spiro atoms. The van der Waals surface area contributed by atoms with E-state index >= 15 is 0 Å². The fraction of sp³-hybridized carbons (Fsp3) is 0.636. The molecule has 2 aliphatic heterocycles. The van der Waals surface area contributed by atoms with Gasteiger partial charge in [0.15, 0.2) is 0 Å². The molecule has 2 fully saturated rings. The Balaban J connectivity index is 1.77. The molecule has 1 unspecified atom stereocenters. The molecule has 148 valence electrons. The van der Waals surface area contributed by atoms with Crippen molar-refractivity contribution < 1.29 is 14.0 Å². The molecule has 2 atom stereocenters. The predicted molar refractivity (Wildman–Crippen MR) is 104 cm³/mol. The molecule has 3 rings (SSSR count). The number of likely N-dealkylation sites (tertiary alicyclic amines) is 2. The van der Waals surface area contributed by atoms with Gasteiger partial charge in [-0.3, -0.25) is 9.59 Å². The molecule has 0 bridgehead atoms. The van der Waals surface area contributed by atoms with E-state index in [0.717, 1.165) is 44.3 Å². The average molecular weight is 375 g/mol. The van der Waals surface area contributed by atoms with Crippen LogP contribution >= 0.6 is 0 Å². The quantitative estimate of drug-likeness (QED) is 0.804. The molecule has 0 N–H and O–H groups in total. The number of rotatable bonds is 4. The highest BCUT2D eigenvalue weighted by Crippen LogP contribution is 2.31. The van der Waals surface area contributed by atoms with E-state index in [1.165, 1.54) is 12.1 Å². The predicted octanol–water partition coefficient (Wildman–Crippen LogP) is 3.81. The summed E-state index contributed by atoms with van der Waals surface area (Å²) in [5, 5.41) is 0. The zero-order valence-corrected chi connectivity index (χ0v) is 16.7. The van der Waals surface area contributed by atoms with Crippen LogP contribution in [0.2, 0.25) is 0 Å². The molecule has 2 saturated heterocycles. The Labute approximate surface area is 161 Å². The van der Waals surface area contributed by atoms with Crippen LogP contribution in [0.5, 0.6) is 0 Å². The molecular formula is C22H31FN2O2. The van der Waals surface area contributed by atoms with Crippen molar-refractivity contribution in [1.29, 1.82) is 0 Å². The Morgan fingerprint density at radius 1 is 1.04 bits per heavy atom. The third kappa shape index (κ3) is 4.33. The van der Waals surface area contributed by atoms with E-state index in [2.05, 4.69) is 6.92 Å². The van der Waals surface area contributed by atoms with Crippen molar-refractivity contribution in [2.45, 2.75) is 58.4 Å². The largest absolute Gasteiger partial charge is 0.341 e. The second-order valence-electron chi connectivity index (χ2n) is 8.47. The summed E-state index contributed by atoms with van der Waals surface area (Å²) in [4.78, 5) is 30.2. The third-order valence-corrected chi connectivity index (χ3v) is 6.08. The molecule has 4 nitrogen and oxygen atoms in total. The van der Waals surface area contributed by atoms with Gasteiger partial charge in [0.25, 0.3) is 0 Å². The van der Waals surface area contributed by atoms with Gasteiger partial charge in [-0.15, -0.1) is 0 Å². The molecule has 2 heterocycles. The minimum atomic E-state index is -0.347. The van der Waals surface area contributed by atoms with E-state index in [-0.39, 0.29) is 35.5 Å². The lowest BCUT2D eigenvalue weighted by Gasteiger charge is -2.36. The molecule has 5 heteroatoms. The smallest absolute Gasteiger partial charge is 0.245 e. The number of piperidine rings is 1. The van der Waals surface area contributed by atoms with Gasteiger partial charge in [0.2, 0.25) is 11.8 Å². The Hall–Kier alpha value is -1.91. The minimum absolute atomic E-state index is 0.00200. The van der Waals surface area contributed by atoms with E-state index in [0.29, 0.717) is 12.5 Å². The lowest BCUT2D eigenvalue weighted by Crippen LogP contribution is -2.51. The molecule has 1 aromatic rings. The number of benzene rings is 1. The summed E-state index contributed by atoms with van der Waals surface area (Å²) >= 11 is 0. The Morgan fingerprint density at radius 3 is 2.26 bits per heavy atom. The zero-order chi connectivity index (χ0) is 19.6. The summed E-state index contributed by atoms with van der Waals surface area (Å²) in [7, 11) is 0. The van der Waals surface area contributed by atoms with Crippen molar-refractivity contribution in [2.24, 2.45) is 11.8 Å². The minimum Gasteiger partial charge on any atom is -0.341 e. The van der Waals surface area contributed by atoms with Crippen LogP contribution in [-0.4, -0.2) is 47.3 Å². The van der Waals surface area contributed by atoms with Crippen molar-refractivity contribution >= 4 is 11.8 Å². The van der Waals surface area contributed by atoms with Crippen molar-refractivity contribution in [1.82, 2.24) is 9.80 Å². The summed E-state index contributed by atoms with van der Waals surface area (Å²) in [6.45, 7) is 8.46. The van der Waals surface area contributed by atoms with Gasteiger partial charge >= 0.3 is 0 Å². The van der Waals surface area contributed by atoms with Crippen LogP contribution in [0.1, 0.15) is 57.9 Å². The van der Waals surface area contributed by atoms with Crippen LogP contribution in [0.15, 0.2) is 24.3 Å². The molecule has 27 heavy (non-hydrogen) atoms. The molecule has 0 saturated carbocycles. The van der Waals surface area contributed by atoms with E-state index < -0.39 is 0 Å². The average Bonchev–Trinajstić information content (AvgIpc) is 3.13. The number of halogens is 1. The van der Waals surface area contributed by atoms with E-state index in [1.54, 1.807) is 17.0 Å². The number of hydrogen-bond donors (Lipinski definition) is 0. The highest BCUT2D eigenvalue weighted by atomic mass is 19.1. The van der Waals surface area contributed by atoms with Crippen LogP contribution in [0, 0.1) is 17.7 Å². The first kappa shape index (κ1) is 19.8. The van der Waals surface area contributed by atoms with E-state index in [1.807, 2.05) is 18.7 Å². The maximum atomic E-state index is 13.4. The molecule has 1 aromatic carbocycles. The summed E-state index contributed by atoms with van der Waals surface area (Å²) in [6.07, 6.45) is 3.68. The highest BCUT2D eigenvalue weighted by Gasteiger charge is 2.40. The summed E-state index contributed by atoms with van der Waals surface area (Å²) in [5.74, 6) is 0.198. The number of carbonyl (C=O) groups excluding carboxylic acids is 2. The van der Waals surface area contributed by atoms with E-state index in [9.17, 15) is 14.0 Å². The standard InChI is InChI=1S/C22H31FN2O2/c1-15(2)20(17-6-8-18(23)9-7-17)22(27)25-12-4-5-19(25)21(26)24-13-10-16(3)11-14-24/h6-9,15-16,19-20H,4-5,10-14H2,1-3H3/t19-,20?/m1/s1. The normalized spacial score (nSPS) is 22.3. The summed E-state index contributed by atoms with van der Waals surface area (Å²) < 4.78 is 13.3. The number of nitrogens with zero attached hydrogens (tertiary/aromatic N) is 2. The molecule has 2 amide bonds. The Kier molecular flexibility index (Phi) is 6.18. The van der Waals surface area contributed by atoms with Crippen molar-refractivity contribution in [3.63, 3.8) is 0 Å². The lowest BCUT2D eigenvalue weighted by atomic mass is 9.87. The van der Waals surface area contributed by atoms with Crippen LogP contribution in [0.4, 0.5) is 4.39 Å². The fourth-order valence-electron chi connectivity index (χ4n) is 4.39. The maximum Gasteiger partial charge on any atom is 0.245 e. The van der Waals surface area contributed by atoms with Crippen molar-refractivity contribution in [2.75, 3.05) is 19.6 Å². The van der Waals surface area contributed by atoms with Crippen molar-refractivity contribution in [3.05, 3.63) is 35.6 Å². The summed E-state index contributed by atoms with van der Waals surface area (Å²) in [5.41, 5.74) is 0.821. The number of carbonyl (C=O) groups is 2. The monoisotopic (exact) mass is 374 g/mol. The van der Waals surface area contributed by atoms with Crippen LogP contribution in [0.25, 0.3) is 0 Å². The second kappa shape index (κ2) is 8.41. The van der Waals surface area contributed by atoms with Gasteiger partial charge in [-0.1, -0.05) is 32.9 Å².